The van der Waals surface area contributed by atoms with Gasteiger partial charge in [-0.05, 0) is 37.5 Å². The van der Waals surface area contributed by atoms with Gasteiger partial charge in [0.25, 0.3) is 0 Å². The summed E-state index contributed by atoms with van der Waals surface area (Å²) in [6, 6.07) is 14.6. The van der Waals surface area contributed by atoms with Gasteiger partial charge in [0.2, 0.25) is 0 Å². The summed E-state index contributed by atoms with van der Waals surface area (Å²) in [6.45, 7) is 4.23. The van der Waals surface area contributed by atoms with E-state index >= 15 is 0 Å². The Kier molecular flexibility index (Phi) is 5.49. The number of hydrogen-bond donors (Lipinski definition) is 1. The van der Waals surface area contributed by atoms with E-state index in [0.29, 0.717) is 25.8 Å². The Labute approximate surface area is 137 Å². The van der Waals surface area contributed by atoms with Crippen molar-refractivity contribution >= 4 is 0 Å². The zero-order chi connectivity index (χ0) is 16.1. The number of rotatable bonds is 9. The Morgan fingerprint density at radius 1 is 1.22 bits per heavy atom. The van der Waals surface area contributed by atoms with E-state index in [1.807, 2.05) is 49.4 Å². The van der Waals surface area contributed by atoms with E-state index in [9.17, 15) is 5.11 Å². The van der Waals surface area contributed by atoms with Crippen LogP contribution in [-0.2, 0) is 17.9 Å². The number of ether oxygens (including phenoxy) is 1. The number of aliphatic hydroxyl groups is 1. The fraction of sp³-hybridized carbons (Fsp3) is 0.474. The van der Waals surface area contributed by atoms with Crippen molar-refractivity contribution in [2.75, 3.05) is 13.2 Å². The molecule has 0 unspecified atom stereocenters. The van der Waals surface area contributed by atoms with Crippen LogP contribution in [0.3, 0.4) is 0 Å². The van der Waals surface area contributed by atoms with Crippen LogP contribution >= 0.6 is 0 Å². The Morgan fingerprint density at radius 2 is 2.00 bits per heavy atom. The third-order valence-corrected chi connectivity index (χ3v) is 4.09. The zero-order valence-electron chi connectivity index (χ0n) is 13.6. The van der Waals surface area contributed by atoms with Gasteiger partial charge in [-0.1, -0.05) is 30.3 Å². The van der Waals surface area contributed by atoms with Crippen LogP contribution in [0, 0.1) is 6.92 Å². The lowest BCUT2D eigenvalue weighted by Crippen LogP contribution is -2.36. The highest BCUT2D eigenvalue weighted by Crippen LogP contribution is 2.28. The van der Waals surface area contributed by atoms with Crippen molar-refractivity contribution in [2.45, 2.75) is 45.1 Å². The molecule has 1 atom stereocenters. The summed E-state index contributed by atoms with van der Waals surface area (Å²) in [5.74, 6) is 1.90. The molecule has 1 aliphatic rings. The lowest BCUT2D eigenvalue weighted by molar-refractivity contribution is 0.00603. The second-order valence-electron chi connectivity index (χ2n) is 6.33. The van der Waals surface area contributed by atoms with Gasteiger partial charge >= 0.3 is 0 Å². The molecule has 3 rings (SSSR count). The Bertz CT molecular complexity index is 592. The van der Waals surface area contributed by atoms with Gasteiger partial charge in [-0.15, -0.1) is 0 Å². The van der Waals surface area contributed by atoms with Gasteiger partial charge in [-0.2, -0.15) is 0 Å². The molecule has 4 heteroatoms. The fourth-order valence-corrected chi connectivity index (χ4v) is 2.76. The quantitative estimate of drug-likeness (QED) is 0.772. The minimum absolute atomic E-state index is 0.356. The van der Waals surface area contributed by atoms with E-state index in [4.69, 9.17) is 9.15 Å². The molecule has 0 bridgehead atoms. The van der Waals surface area contributed by atoms with E-state index < -0.39 is 6.10 Å². The molecule has 1 fully saturated rings. The first-order valence-electron chi connectivity index (χ1n) is 8.30. The number of benzene rings is 1. The standard InChI is InChI=1S/C19H25NO3/c1-15-7-10-19(23-15)12-20(17-8-9-17)11-18(21)14-22-13-16-5-3-2-4-6-16/h2-7,10,17-18,21H,8-9,11-14H2,1H3/t18-/m0/s1. The molecule has 0 amide bonds. The van der Waals surface area contributed by atoms with Crippen LogP contribution < -0.4 is 0 Å². The van der Waals surface area contributed by atoms with Gasteiger partial charge in [0.1, 0.15) is 11.5 Å². The molecule has 0 saturated heterocycles. The SMILES string of the molecule is Cc1ccc(CN(C[C@H](O)COCc2ccccc2)C2CC2)o1. The highest BCUT2D eigenvalue weighted by Gasteiger charge is 2.30. The highest BCUT2D eigenvalue weighted by atomic mass is 16.5. The third kappa shape index (κ3) is 5.20. The van der Waals surface area contributed by atoms with Crippen LogP contribution in [0.1, 0.15) is 29.9 Å². The number of hydrogen-bond acceptors (Lipinski definition) is 4. The summed E-state index contributed by atoms with van der Waals surface area (Å²) < 4.78 is 11.3. The Morgan fingerprint density at radius 3 is 2.65 bits per heavy atom. The van der Waals surface area contributed by atoms with Crippen molar-refractivity contribution in [1.29, 1.82) is 0 Å². The number of nitrogens with zero attached hydrogens (tertiary/aromatic N) is 1. The van der Waals surface area contributed by atoms with E-state index in [1.54, 1.807) is 0 Å². The topological polar surface area (TPSA) is 45.8 Å². The largest absolute Gasteiger partial charge is 0.465 e. The summed E-state index contributed by atoms with van der Waals surface area (Å²) in [7, 11) is 0. The molecule has 0 radical (unpaired) electrons. The Balaban J connectivity index is 1.44. The second-order valence-corrected chi connectivity index (χ2v) is 6.33. The van der Waals surface area contributed by atoms with Crippen molar-refractivity contribution in [1.82, 2.24) is 4.90 Å². The number of aliphatic hydroxyl groups excluding tert-OH is 1. The van der Waals surface area contributed by atoms with Gasteiger partial charge < -0.3 is 14.3 Å². The van der Waals surface area contributed by atoms with Crippen LogP contribution in [0.25, 0.3) is 0 Å². The molecule has 0 spiro atoms. The molecule has 1 saturated carbocycles. The van der Waals surface area contributed by atoms with Crippen LogP contribution in [0.5, 0.6) is 0 Å². The minimum Gasteiger partial charge on any atom is -0.465 e. The van der Waals surface area contributed by atoms with E-state index in [0.717, 1.165) is 23.6 Å². The van der Waals surface area contributed by atoms with Gasteiger partial charge in [0, 0.05) is 12.6 Å². The van der Waals surface area contributed by atoms with Gasteiger partial charge in [-0.25, -0.2) is 0 Å². The van der Waals surface area contributed by atoms with Crippen molar-refractivity contribution in [3.8, 4) is 0 Å². The molecular formula is C19H25NO3. The first-order valence-corrected chi connectivity index (χ1v) is 8.30. The normalized spacial score (nSPS) is 16.0. The Hall–Kier alpha value is -1.62. The van der Waals surface area contributed by atoms with Crippen molar-refractivity contribution in [3.63, 3.8) is 0 Å². The fourth-order valence-electron chi connectivity index (χ4n) is 2.76. The molecule has 4 nitrogen and oxygen atoms in total. The van der Waals surface area contributed by atoms with Crippen molar-refractivity contribution in [3.05, 3.63) is 59.5 Å². The van der Waals surface area contributed by atoms with Crippen molar-refractivity contribution in [2.24, 2.45) is 0 Å². The summed E-state index contributed by atoms with van der Waals surface area (Å²) in [4.78, 5) is 2.30. The molecule has 2 aromatic rings. The molecule has 23 heavy (non-hydrogen) atoms. The summed E-state index contributed by atoms with van der Waals surface area (Å²) >= 11 is 0. The van der Waals surface area contributed by atoms with Crippen LogP contribution in [0.15, 0.2) is 46.9 Å². The maximum Gasteiger partial charge on any atom is 0.118 e. The molecule has 1 aromatic carbocycles. The second kappa shape index (κ2) is 7.77. The van der Waals surface area contributed by atoms with E-state index in [-0.39, 0.29) is 0 Å². The van der Waals surface area contributed by atoms with Gasteiger partial charge in [0.15, 0.2) is 0 Å². The lowest BCUT2D eigenvalue weighted by atomic mass is 10.2. The molecule has 1 heterocycles. The average Bonchev–Trinajstić information content (AvgIpc) is 3.31. The lowest BCUT2D eigenvalue weighted by Gasteiger charge is -2.24. The first-order chi connectivity index (χ1) is 11.2. The molecule has 0 aliphatic heterocycles. The van der Waals surface area contributed by atoms with Gasteiger partial charge in [0.05, 0.1) is 25.9 Å². The maximum atomic E-state index is 10.3. The molecule has 1 N–H and O–H groups in total. The van der Waals surface area contributed by atoms with E-state index in [1.165, 1.54) is 12.8 Å². The summed E-state index contributed by atoms with van der Waals surface area (Å²) in [5.41, 5.74) is 1.13. The smallest absolute Gasteiger partial charge is 0.118 e. The molecule has 1 aliphatic carbocycles. The predicted octanol–water partition coefficient (Wildman–Crippen LogP) is 3.13. The molecular weight excluding hydrogens is 290 g/mol. The van der Waals surface area contributed by atoms with Crippen LogP contribution in [-0.4, -0.2) is 35.3 Å². The van der Waals surface area contributed by atoms with Gasteiger partial charge in [-0.3, -0.25) is 4.90 Å². The van der Waals surface area contributed by atoms with Crippen molar-refractivity contribution < 1.29 is 14.3 Å². The predicted molar refractivity (Wildman–Crippen MR) is 89.0 cm³/mol. The summed E-state index contributed by atoms with van der Waals surface area (Å²) in [5, 5.41) is 10.3. The number of aryl methyl sites for hydroxylation is 1. The van der Waals surface area contributed by atoms with E-state index in [2.05, 4.69) is 4.90 Å². The van der Waals surface area contributed by atoms with Crippen LogP contribution in [0.2, 0.25) is 0 Å². The number of furan rings is 1. The monoisotopic (exact) mass is 315 g/mol. The maximum absolute atomic E-state index is 10.3. The molecule has 124 valence electrons. The summed E-state index contributed by atoms with van der Waals surface area (Å²) in [6.07, 6.45) is 1.93. The highest BCUT2D eigenvalue weighted by molar-refractivity contribution is 5.13. The minimum atomic E-state index is -0.477. The van der Waals surface area contributed by atoms with Crippen LogP contribution in [0.4, 0.5) is 0 Å². The molecule has 1 aromatic heterocycles. The zero-order valence-corrected chi connectivity index (χ0v) is 13.6. The first kappa shape index (κ1) is 16.2. The average molecular weight is 315 g/mol. The third-order valence-electron chi connectivity index (χ3n) is 4.09.